The number of nitrogens with zero attached hydrogens (tertiary/aromatic N) is 1. The molecule has 0 saturated carbocycles. The van der Waals surface area contributed by atoms with E-state index in [9.17, 15) is 13.2 Å². The van der Waals surface area contributed by atoms with Gasteiger partial charge < -0.3 is 4.74 Å². The van der Waals surface area contributed by atoms with Crippen molar-refractivity contribution in [2.24, 2.45) is 0 Å². The molecule has 0 aromatic carbocycles. The molecule has 15 heavy (non-hydrogen) atoms. The highest BCUT2D eigenvalue weighted by molar-refractivity contribution is 5.24. The van der Waals surface area contributed by atoms with Crippen molar-refractivity contribution in [1.29, 1.82) is 0 Å². The molecule has 0 saturated heterocycles. The summed E-state index contributed by atoms with van der Waals surface area (Å²) >= 11 is 0. The van der Waals surface area contributed by atoms with Crippen LogP contribution in [0.25, 0.3) is 0 Å². The second-order valence-electron chi connectivity index (χ2n) is 3.40. The van der Waals surface area contributed by atoms with Gasteiger partial charge in [-0.2, -0.15) is 0 Å². The number of hydrogen-bond acceptors (Lipinski definition) is 2. The molecule has 1 rings (SSSR count). The van der Waals surface area contributed by atoms with Crippen molar-refractivity contribution in [3.63, 3.8) is 0 Å². The summed E-state index contributed by atoms with van der Waals surface area (Å²) in [5.41, 5.74) is 0.411. The fourth-order valence-electron chi connectivity index (χ4n) is 1.10. The number of halogens is 3. The van der Waals surface area contributed by atoms with Crippen molar-refractivity contribution < 1.29 is 17.9 Å². The van der Waals surface area contributed by atoms with Crippen molar-refractivity contribution in [1.82, 2.24) is 4.98 Å². The van der Waals surface area contributed by atoms with Gasteiger partial charge in [-0.25, -0.2) is 18.2 Å². The second-order valence-corrected chi connectivity index (χ2v) is 3.40. The maximum absolute atomic E-state index is 13.2. The fraction of sp³-hybridized carbons (Fsp3) is 0.500. The van der Waals surface area contributed by atoms with Gasteiger partial charge >= 0.3 is 0 Å². The monoisotopic (exact) mass is 219 g/mol. The van der Waals surface area contributed by atoms with E-state index in [1.54, 1.807) is 13.8 Å². The third-order valence-corrected chi connectivity index (χ3v) is 1.84. The fourth-order valence-corrected chi connectivity index (χ4v) is 1.10. The van der Waals surface area contributed by atoms with Crippen LogP contribution in [0.2, 0.25) is 0 Å². The van der Waals surface area contributed by atoms with E-state index >= 15 is 0 Å². The van der Waals surface area contributed by atoms with Gasteiger partial charge in [0.05, 0.1) is 6.20 Å². The Balaban J connectivity index is 2.78. The Hall–Kier alpha value is -1.26. The predicted molar refractivity (Wildman–Crippen MR) is 49.8 cm³/mol. The van der Waals surface area contributed by atoms with E-state index in [1.807, 2.05) is 0 Å². The molecule has 84 valence electrons. The Bertz CT molecular complexity index is 328. The molecule has 1 heterocycles. The van der Waals surface area contributed by atoms with Crippen molar-refractivity contribution in [3.8, 4) is 5.88 Å². The molecule has 0 aliphatic heterocycles. The lowest BCUT2D eigenvalue weighted by molar-refractivity contribution is 0.0794. The van der Waals surface area contributed by atoms with Crippen molar-refractivity contribution in [2.75, 3.05) is 6.61 Å². The Kier molecular flexibility index (Phi) is 3.94. The van der Waals surface area contributed by atoms with Gasteiger partial charge in [-0.05, 0) is 11.5 Å². The average molecular weight is 219 g/mol. The van der Waals surface area contributed by atoms with E-state index in [1.165, 1.54) is 6.07 Å². The first-order chi connectivity index (χ1) is 7.00. The van der Waals surface area contributed by atoms with Crippen LogP contribution in [0.4, 0.5) is 13.2 Å². The van der Waals surface area contributed by atoms with Gasteiger partial charge in [0.2, 0.25) is 5.88 Å². The minimum atomic E-state index is -2.56. The number of rotatable bonds is 4. The Morgan fingerprint density at radius 1 is 1.40 bits per heavy atom. The molecular formula is C10H12F3NO. The highest BCUT2D eigenvalue weighted by Gasteiger charge is 2.10. The lowest BCUT2D eigenvalue weighted by Crippen LogP contribution is -2.08. The average Bonchev–Trinajstić information content (AvgIpc) is 2.16. The van der Waals surface area contributed by atoms with Crippen LogP contribution in [-0.4, -0.2) is 18.0 Å². The molecule has 0 bridgehead atoms. The summed E-state index contributed by atoms with van der Waals surface area (Å²) in [6, 6.07) is 1.35. The third kappa shape index (κ3) is 3.42. The summed E-state index contributed by atoms with van der Waals surface area (Å²) < 4.78 is 41.5. The molecule has 0 aliphatic rings. The standard InChI is InChI=1S/C10H12F3NO/c1-6(2)7-3-10(14-4-8(7)11)15-5-9(12)13/h3-4,6,9H,5H2,1-2H3. The Labute approximate surface area is 86.1 Å². The van der Waals surface area contributed by atoms with Crippen LogP contribution < -0.4 is 4.74 Å². The van der Waals surface area contributed by atoms with Gasteiger partial charge in [-0.1, -0.05) is 13.8 Å². The predicted octanol–water partition coefficient (Wildman–Crippen LogP) is 2.99. The van der Waals surface area contributed by atoms with Crippen LogP contribution in [0.5, 0.6) is 5.88 Å². The van der Waals surface area contributed by atoms with Gasteiger partial charge in [-0.3, -0.25) is 0 Å². The second kappa shape index (κ2) is 5.00. The lowest BCUT2D eigenvalue weighted by atomic mass is 10.0. The van der Waals surface area contributed by atoms with E-state index in [0.29, 0.717) is 5.56 Å². The van der Waals surface area contributed by atoms with Crippen LogP contribution in [0.1, 0.15) is 25.3 Å². The van der Waals surface area contributed by atoms with Crippen LogP contribution in [0.3, 0.4) is 0 Å². The van der Waals surface area contributed by atoms with Crippen molar-refractivity contribution >= 4 is 0 Å². The molecule has 0 atom stereocenters. The zero-order valence-corrected chi connectivity index (χ0v) is 8.51. The van der Waals surface area contributed by atoms with Crippen molar-refractivity contribution in [2.45, 2.75) is 26.2 Å². The molecular weight excluding hydrogens is 207 g/mol. The molecule has 1 aromatic rings. The largest absolute Gasteiger partial charge is 0.472 e. The van der Waals surface area contributed by atoms with E-state index in [-0.39, 0.29) is 11.8 Å². The summed E-state index contributed by atoms with van der Waals surface area (Å²) in [4.78, 5) is 3.56. The van der Waals surface area contributed by atoms with Crippen LogP contribution in [0.15, 0.2) is 12.3 Å². The smallest absolute Gasteiger partial charge is 0.272 e. The van der Waals surface area contributed by atoms with Gasteiger partial charge in [-0.15, -0.1) is 0 Å². The van der Waals surface area contributed by atoms with E-state index in [0.717, 1.165) is 6.20 Å². The molecule has 0 aliphatic carbocycles. The SMILES string of the molecule is CC(C)c1cc(OCC(F)F)ncc1F. The van der Waals surface area contributed by atoms with E-state index in [4.69, 9.17) is 0 Å². The Morgan fingerprint density at radius 3 is 2.60 bits per heavy atom. The number of pyridine rings is 1. The number of ether oxygens (including phenoxy) is 1. The van der Waals surface area contributed by atoms with Gasteiger partial charge in [0, 0.05) is 6.07 Å². The normalized spacial score (nSPS) is 11.1. The maximum Gasteiger partial charge on any atom is 0.272 e. The van der Waals surface area contributed by atoms with E-state index < -0.39 is 18.8 Å². The summed E-state index contributed by atoms with van der Waals surface area (Å²) in [7, 11) is 0. The Morgan fingerprint density at radius 2 is 2.07 bits per heavy atom. The minimum Gasteiger partial charge on any atom is -0.472 e. The molecule has 1 aromatic heterocycles. The highest BCUT2D eigenvalue weighted by Crippen LogP contribution is 2.21. The van der Waals surface area contributed by atoms with Crippen LogP contribution in [-0.2, 0) is 0 Å². The van der Waals surface area contributed by atoms with Gasteiger partial charge in [0.25, 0.3) is 6.43 Å². The first-order valence-corrected chi connectivity index (χ1v) is 4.57. The molecule has 0 spiro atoms. The van der Waals surface area contributed by atoms with Gasteiger partial charge in [0.1, 0.15) is 5.82 Å². The molecule has 5 heteroatoms. The summed E-state index contributed by atoms with van der Waals surface area (Å²) in [6.07, 6.45) is -1.57. The summed E-state index contributed by atoms with van der Waals surface area (Å²) in [5.74, 6) is -0.461. The molecule has 0 N–H and O–H groups in total. The number of aromatic nitrogens is 1. The topological polar surface area (TPSA) is 22.1 Å². The van der Waals surface area contributed by atoms with Gasteiger partial charge in [0.15, 0.2) is 6.61 Å². The maximum atomic E-state index is 13.2. The van der Waals surface area contributed by atoms with E-state index in [2.05, 4.69) is 9.72 Å². The highest BCUT2D eigenvalue weighted by atomic mass is 19.3. The number of hydrogen-bond donors (Lipinski definition) is 0. The molecule has 0 fully saturated rings. The quantitative estimate of drug-likeness (QED) is 0.776. The van der Waals surface area contributed by atoms with Crippen molar-refractivity contribution in [3.05, 3.63) is 23.6 Å². The lowest BCUT2D eigenvalue weighted by Gasteiger charge is -2.09. The third-order valence-electron chi connectivity index (χ3n) is 1.84. The molecule has 0 unspecified atom stereocenters. The summed E-state index contributed by atoms with van der Waals surface area (Å²) in [6.45, 7) is 2.88. The first-order valence-electron chi connectivity index (χ1n) is 4.57. The van der Waals surface area contributed by atoms with Crippen LogP contribution >= 0.6 is 0 Å². The zero-order chi connectivity index (χ0) is 11.4. The molecule has 0 radical (unpaired) electrons. The first kappa shape index (κ1) is 11.8. The zero-order valence-electron chi connectivity index (χ0n) is 8.51. The minimum absolute atomic E-state index is 0.0281. The molecule has 0 amide bonds. The molecule has 2 nitrogen and oxygen atoms in total. The number of alkyl halides is 2. The van der Waals surface area contributed by atoms with Crippen LogP contribution in [0, 0.1) is 5.82 Å². The summed E-state index contributed by atoms with van der Waals surface area (Å²) in [5, 5.41) is 0.